The second kappa shape index (κ2) is 10.0. The third-order valence-corrected chi connectivity index (χ3v) is 8.81. The van der Waals surface area contributed by atoms with Crippen LogP contribution in [0.3, 0.4) is 0 Å². The van der Waals surface area contributed by atoms with Crippen LogP contribution in [-0.2, 0) is 13.4 Å². The Morgan fingerprint density at radius 2 is 1.65 bits per heavy atom. The molecule has 0 radical (unpaired) electrons. The zero-order valence-electron chi connectivity index (χ0n) is 27.6. The fraction of sp³-hybridized carbons (Fsp3) is 0.452. The molecule has 0 aliphatic carbocycles. The minimum Gasteiger partial charge on any atom is -0.201 e. The Kier molecular flexibility index (Phi) is 6.00. The van der Waals surface area contributed by atoms with Crippen molar-refractivity contribution in [2.75, 3.05) is 0 Å². The van der Waals surface area contributed by atoms with Crippen LogP contribution in [0.5, 0.6) is 0 Å². The van der Waals surface area contributed by atoms with E-state index in [9.17, 15) is 0 Å². The lowest BCUT2D eigenvalue weighted by Crippen LogP contribution is -2.39. The van der Waals surface area contributed by atoms with Crippen molar-refractivity contribution in [1.82, 2.24) is 0 Å². The van der Waals surface area contributed by atoms with E-state index < -0.39 is 26.7 Å². The first-order chi connectivity index (χ1) is 17.6. The Hall–Kier alpha value is -1.84. The summed E-state index contributed by atoms with van der Waals surface area (Å²) in [5.74, 6) is 0. The number of hydrogen-bond acceptors (Lipinski definition) is 1. The van der Waals surface area contributed by atoms with Gasteiger partial charge in [-0.3, -0.25) is 0 Å². The summed E-state index contributed by atoms with van der Waals surface area (Å²) in [4.78, 5) is 1.25. The van der Waals surface area contributed by atoms with Crippen molar-refractivity contribution >= 4 is 25.0 Å². The molecule has 3 aromatic rings. The van der Waals surface area contributed by atoms with E-state index in [-0.39, 0.29) is 11.1 Å². The Morgan fingerprint density at radius 1 is 1.00 bits per heavy atom. The lowest BCUT2D eigenvalue weighted by atomic mass is 9.86. The van der Waals surface area contributed by atoms with Gasteiger partial charge in [0.2, 0.25) is 5.69 Å². The number of pyridine rings is 1. The van der Waals surface area contributed by atoms with E-state index in [1.165, 1.54) is 15.6 Å². The highest BCUT2D eigenvalue weighted by molar-refractivity contribution is 7.99. The third-order valence-electron chi connectivity index (χ3n) is 5.77. The maximum atomic E-state index is 9.00. The van der Waals surface area contributed by atoms with Crippen LogP contribution in [0.2, 0.25) is 19.6 Å². The number of hydrogen-bond donors (Lipinski definition) is 0. The summed E-state index contributed by atoms with van der Waals surface area (Å²) in [7, 11) is 0.136. The zero-order chi connectivity index (χ0) is 29.7. The summed E-state index contributed by atoms with van der Waals surface area (Å²) in [6.45, 7) is 16.6. The van der Waals surface area contributed by atoms with E-state index in [4.69, 9.17) is 6.85 Å². The predicted molar refractivity (Wildman–Crippen MR) is 155 cm³/mol. The van der Waals surface area contributed by atoms with Gasteiger partial charge in [0.15, 0.2) is 6.20 Å². The largest absolute Gasteiger partial charge is 0.212 e. The van der Waals surface area contributed by atoms with Crippen molar-refractivity contribution in [3.05, 3.63) is 65.4 Å². The van der Waals surface area contributed by atoms with Crippen LogP contribution >= 0.6 is 11.8 Å². The summed E-state index contributed by atoms with van der Waals surface area (Å²) in [6, 6.07) is 15.1. The van der Waals surface area contributed by atoms with Crippen molar-refractivity contribution in [2.45, 2.75) is 84.6 Å². The third kappa shape index (κ3) is 6.43. The van der Waals surface area contributed by atoms with Gasteiger partial charge < -0.3 is 0 Å². The predicted octanol–water partition coefficient (Wildman–Crippen LogP) is 8.10. The van der Waals surface area contributed by atoms with Gasteiger partial charge in [-0.1, -0.05) is 77.6 Å². The first-order valence-corrected chi connectivity index (χ1v) is 16.5. The normalized spacial score (nSPS) is 15.4. The van der Waals surface area contributed by atoms with Crippen molar-refractivity contribution in [1.29, 1.82) is 0 Å². The number of rotatable bonds is 6. The Bertz CT molecular complexity index is 1350. The molecule has 0 aliphatic heterocycles. The second-order valence-electron chi connectivity index (χ2n) is 11.6. The van der Waals surface area contributed by atoms with Gasteiger partial charge in [0.1, 0.15) is 7.05 Å². The molecule has 0 fully saturated rings. The zero-order valence-corrected chi connectivity index (χ0v) is 24.4. The molecule has 3 rings (SSSR count). The summed E-state index contributed by atoms with van der Waals surface area (Å²) in [6.07, 6.45) is -0.247. The molecular weight excluding hydrogens is 447 g/mol. The van der Waals surface area contributed by atoms with Crippen molar-refractivity contribution in [3.8, 4) is 22.4 Å². The average Bonchev–Trinajstić information content (AvgIpc) is 2.77. The van der Waals surface area contributed by atoms with Gasteiger partial charge in [0.05, 0.1) is 8.07 Å². The van der Waals surface area contributed by atoms with Gasteiger partial charge in [-0.05, 0) is 66.0 Å². The van der Waals surface area contributed by atoms with E-state index >= 15 is 0 Å². The smallest absolute Gasteiger partial charge is 0.201 e. The average molecular weight is 496 g/mol. The summed E-state index contributed by atoms with van der Waals surface area (Å²) in [5, 5.41) is 1.89. The van der Waals surface area contributed by atoms with Crippen LogP contribution in [0.1, 0.15) is 58.2 Å². The molecular formula is C31H44NSSi+. The second-order valence-corrected chi connectivity index (χ2v) is 18.3. The van der Waals surface area contributed by atoms with E-state index in [0.29, 0.717) is 5.25 Å². The van der Waals surface area contributed by atoms with Crippen LogP contribution in [0, 0.1) is 19.2 Å². The van der Waals surface area contributed by atoms with Crippen LogP contribution in [0.25, 0.3) is 22.4 Å². The molecule has 3 heteroatoms. The standard InChI is InChI=1S/C31H44NSSi/c1-21(2)33-26-14-12-24(13-15-26)28-18-27(22(3)16-30(28)34(9,10)11)29-17-25(19-31(5,6)7)23(4)20-32(29)8/h12-18,20-21H,19H2,1-11H3/q+1/i4D3,19D2. The molecule has 0 N–H and O–H groups in total. The minimum absolute atomic E-state index is 0.0588. The topological polar surface area (TPSA) is 3.88 Å². The Labute approximate surface area is 221 Å². The number of nitrogens with zero attached hydrogens (tertiary/aromatic N) is 1. The monoisotopic (exact) mass is 495 g/mol. The van der Waals surface area contributed by atoms with Gasteiger partial charge in [-0.15, -0.1) is 11.8 Å². The summed E-state index contributed by atoms with van der Waals surface area (Å²) < 4.78 is 44.3. The molecule has 0 saturated carbocycles. The molecule has 1 heterocycles. The van der Waals surface area contributed by atoms with Crippen molar-refractivity contribution < 1.29 is 11.4 Å². The van der Waals surface area contributed by atoms with Gasteiger partial charge in [0.25, 0.3) is 0 Å². The van der Waals surface area contributed by atoms with Crippen LogP contribution < -0.4 is 9.75 Å². The van der Waals surface area contributed by atoms with Gasteiger partial charge in [-0.2, -0.15) is 0 Å². The fourth-order valence-corrected chi connectivity index (χ4v) is 6.76. The molecule has 0 aliphatic rings. The quantitative estimate of drug-likeness (QED) is 0.190. The maximum absolute atomic E-state index is 9.00. The highest BCUT2D eigenvalue weighted by atomic mass is 32.2. The number of thioether (sulfide) groups is 1. The molecule has 1 aromatic heterocycles. The van der Waals surface area contributed by atoms with E-state index in [2.05, 4.69) is 76.8 Å². The summed E-state index contributed by atoms with van der Waals surface area (Å²) in [5.41, 5.74) is 4.74. The first-order valence-electron chi connectivity index (χ1n) is 14.6. The molecule has 0 unspecified atom stereocenters. The molecule has 0 bridgehead atoms. The highest BCUT2D eigenvalue weighted by Crippen LogP contribution is 2.32. The number of benzene rings is 2. The Morgan fingerprint density at radius 3 is 2.18 bits per heavy atom. The lowest BCUT2D eigenvalue weighted by molar-refractivity contribution is -0.660. The molecule has 34 heavy (non-hydrogen) atoms. The SMILES string of the molecule is [2H]C([2H])([2H])c1c[n+](C)c(-c2cc(-c3ccc(SC(C)C)cc3)c([Si](C)(C)C)cc2C)cc1C([2H])([2H])C(C)(C)C. The van der Waals surface area contributed by atoms with E-state index in [1.54, 1.807) is 12.3 Å². The molecule has 1 nitrogen and oxygen atoms in total. The van der Waals surface area contributed by atoms with Crippen molar-refractivity contribution in [2.24, 2.45) is 12.5 Å². The molecule has 0 atom stereocenters. The molecule has 0 saturated heterocycles. The number of aryl methyl sites for hydroxylation is 3. The first kappa shape index (κ1) is 20.4. The van der Waals surface area contributed by atoms with Gasteiger partial charge in [0, 0.05) is 34.2 Å². The maximum Gasteiger partial charge on any atom is 0.212 e. The van der Waals surface area contributed by atoms with Crippen LogP contribution in [0.15, 0.2) is 53.6 Å². The van der Waals surface area contributed by atoms with Crippen LogP contribution in [-0.4, -0.2) is 13.3 Å². The molecule has 182 valence electrons. The van der Waals surface area contributed by atoms with E-state index in [0.717, 1.165) is 22.4 Å². The lowest BCUT2D eigenvalue weighted by Gasteiger charge is -2.24. The molecule has 0 spiro atoms. The fourth-order valence-electron chi connectivity index (χ4n) is 4.25. The Balaban J connectivity index is 2.34. The molecule has 2 aromatic carbocycles. The van der Waals surface area contributed by atoms with E-state index in [1.807, 2.05) is 44.1 Å². The van der Waals surface area contributed by atoms with Crippen molar-refractivity contribution in [3.63, 3.8) is 0 Å². The van der Waals surface area contributed by atoms with Gasteiger partial charge >= 0.3 is 0 Å². The number of aromatic nitrogens is 1. The summed E-state index contributed by atoms with van der Waals surface area (Å²) >= 11 is 1.85. The minimum atomic E-state index is -2.43. The highest BCUT2D eigenvalue weighted by Gasteiger charge is 2.25. The van der Waals surface area contributed by atoms with Crippen LogP contribution in [0.4, 0.5) is 0 Å². The molecule has 0 amide bonds. The van der Waals surface area contributed by atoms with Gasteiger partial charge in [-0.25, -0.2) is 4.57 Å².